The molecule has 0 bridgehead atoms. The number of likely N-dealkylation sites (N-methyl/N-ethyl adjacent to an activating group) is 2. The Morgan fingerprint density at radius 2 is 1.29 bits per heavy atom. The van der Waals surface area contributed by atoms with Gasteiger partial charge in [0.05, 0.1) is 0 Å². The van der Waals surface area contributed by atoms with E-state index in [1.807, 2.05) is 9.34 Å². The summed E-state index contributed by atoms with van der Waals surface area (Å²) in [7, 11) is 3.56. The number of hydrogen-bond donors (Lipinski definition) is 0. The van der Waals surface area contributed by atoms with Crippen molar-refractivity contribution in [3.8, 4) is 0 Å². The second-order valence-electron chi connectivity index (χ2n) is 10.2. The van der Waals surface area contributed by atoms with Gasteiger partial charge in [-0.25, -0.2) is 0 Å². The van der Waals surface area contributed by atoms with Crippen molar-refractivity contribution in [2.24, 2.45) is 5.92 Å². The van der Waals surface area contributed by atoms with Gasteiger partial charge in [-0.2, -0.15) is 0 Å². The van der Waals surface area contributed by atoms with Crippen LogP contribution in [0.5, 0.6) is 0 Å². The van der Waals surface area contributed by atoms with Crippen molar-refractivity contribution in [2.75, 3.05) is 14.1 Å². The Morgan fingerprint density at radius 3 is 1.66 bits per heavy atom. The third kappa shape index (κ3) is 6.76. The van der Waals surface area contributed by atoms with Crippen molar-refractivity contribution in [1.82, 2.24) is 9.34 Å². The molecular formula is C27H35F6N2OPSe. The number of unbranched alkanes of at least 4 members (excludes halogenated alkanes) is 2. The van der Waals surface area contributed by atoms with Crippen LogP contribution in [-0.4, -0.2) is 44.6 Å². The van der Waals surface area contributed by atoms with Gasteiger partial charge in [0, 0.05) is 0 Å². The predicted octanol–water partition coefficient (Wildman–Crippen LogP) is 8.85. The zero-order valence-electron chi connectivity index (χ0n) is 22.2. The van der Waals surface area contributed by atoms with Gasteiger partial charge in [0.2, 0.25) is 0 Å². The summed E-state index contributed by atoms with van der Waals surface area (Å²) in [6.07, 6.45) is -5.32. The standard InChI is InChI=1S/C27H35F6N2OPSe/c1-6-7-8-15-23(18(2)3)36-37(38)34(4)24(19-11-9-13-21(16-19)26(28,29)30)25(35(37)5)20-12-10-14-22(17-20)27(31,32)33/h9-14,16-18,23-25H,6-8,15H2,1-5H3/t23?,24-,25-/m1/s1. The molecule has 212 valence electrons. The average Bonchev–Trinajstić information content (AvgIpc) is 3.03. The van der Waals surface area contributed by atoms with E-state index in [-0.39, 0.29) is 12.0 Å². The zero-order valence-corrected chi connectivity index (χ0v) is 24.8. The summed E-state index contributed by atoms with van der Waals surface area (Å²) in [4.78, 5) is 0. The summed E-state index contributed by atoms with van der Waals surface area (Å²) < 4.78 is 92.3. The number of rotatable bonds is 9. The molecule has 2 aromatic carbocycles. The molecule has 1 aliphatic rings. The fourth-order valence-corrected chi connectivity index (χ4v) is 9.53. The Labute approximate surface area is 228 Å². The van der Waals surface area contributed by atoms with Crippen LogP contribution >= 0.6 is 6.04 Å². The van der Waals surface area contributed by atoms with Gasteiger partial charge in [0.1, 0.15) is 0 Å². The Balaban J connectivity index is 2.14. The van der Waals surface area contributed by atoms with Crippen molar-refractivity contribution in [1.29, 1.82) is 0 Å². The van der Waals surface area contributed by atoms with Gasteiger partial charge in [-0.05, 0) is 0 Å². The molecule has 0 radical (unpaired) electrons. The van der Waals surface area contributed by atoms with Gasteiger partial charge in [-0.1, -0.05) is 0 Å². The van der Waals surface area contributed by atoms with Crippen LogP contribution in [0.3, 0.4) is 0 Å². The number of nitrogens with zero attached hydrogens (tertiary/aromatic N) is 2. The Kier molecular flexibility index (Phi) is 10.0. The molecular weight excluding hydrogens is 592 g/mol. The normalized spacial score (nSPS) is 21.8. The summed E-state index contributed by atoms with van der Waals surface area (Å²) in [6, 6.07) is 5.97. The molecule has 38 heavy (non-hydrogen) atoms. The summed E-state index contributed by atoms with van der Waals surface area (Å²) in [5.41, 5.74) is -0.871. The summed E-state index contributed by atoms with van der Waals surface area (Å²) in [6.45, 7) is 6.24. The molecule has 0 aromatic heterocycles. The minimum atomic E-state index is -4.55. The van der Waals surface area contributed by atoms with E-state index in [0.717, 1.165) is 49.9 Å². The molecule has 0 saturated carbocycles. The maximum absolute atomic E-state index is 13.6. The van der Waals surface area contributed by atoms with Crippen molar-refractivity contribution in [3.63, 3.8) is 0 Å². The molecule has 0 amide bonds. The Morgan fingerprint density at radius 1 is 0.842 bits per heavy atom. The van der Waals surface area contributed by atoms with Crippen LogP contribution in [0.1, 0.15) is 80.8 Å². The molecule has 2 aromatic rings. The van der Waals surface area contributed by atoms with E-state index in [1.165, 1.54) is 12.1 Å². The summed E-state index contributed by atoms with van der Waals surface area (Å²) >= 11 is 3.21. The van der Waals surface area contributed by atoms with Crippen LogP contribution < -0.4 is 0 Å². The third-order valence-corrected chi connectivity index (χ3v) is 13.5. The molecule has 1 aliphatic heterocycles. The zero-order chi connectivity index (χ0) is 28.5. The summed E-state index contributed by atoms with van der Waals surface area (Å²) in [5.74, 6) is 0.179. The topological polar surface area (TPSA) is 15.7 Å². The molecule has 0 spiro atoms. The summed E-state index contributed by atoms with van der Waals surface area (Å²) in [5, 5.41) is 0. The predicted molar refractivity (Wildman–Crippen MR) is 140 cm³/mol. The number of halogens is 6. The van der Waals surface area contributed by atoms with Crippen LogP contribution in [0.25, 0.3) is 0 Å². The molecule has 1 unspecified atom stereocenters. The average molecular weight is 628 g/mol. The molecule has 1 saturated heterocycles. The second kappa shape index (κ2) is 12.2. The second-order valence-corrected chi connectivity index (χ2v) is 15.6. The molecule has 11 heteroatoms. The fourth-order valence-electron chi connectivity index (χ4n) is 4.97. The van der Waals surface area contributed by atoms with Gasteiger partial charge >= 0.3 is 229 Å². The van der Waals surface area contributed by atoms with Crippen molar-refractivity contribution >= 4 is 21.1 Å². The number of alkyl halides is 6. The van der Waals surface area contributed by atoms with E-state index in [2.05, 4.69) is 35.9 Å². The third-order valence-electron chi connectivity index (χ3n) is 7.12. The van der Waals surface area contributed by atoms with Crippen LogP contribution in [0.4, 0.5) is 26.3 Å². The maximum atomic E-state index is 13.6. The monoisotopic (exact) mass is 628 g/mol. The molecule has 3 nitrogen and oxygen atoms in total. The van der Waals surface area contributed by atoms with Crippen molar-refractivity contribution < 1.29 is 30.9 Å². The fraction of sp³-hybridized carbons (Fsp3) is 0.556. The van der Waals surface area contributed by atoms with E-state index in [1.54, 1.807) is 26.2 Å². The molecule has 1 fully saturated rings. The quantitative estimate of drug-likeness (QED) is 0.120. The first kappa shape index (κ1) is 31.4. The van der Waals surface area contributed by atoms with Gasteiger partial charge in [-0.3, -0.25) is 0 Å². The van der Waals surface area contributed by atoms with Crippen LogP contribution in [0, 0.1) is 5.92 Å². The van der Waals surface area contributed by atoms with E-state index in [0.29, 0.717) is 11.1 Å². The number of benzene rings is 2. The van der Waals surface area contributed by atoms with Crippen molar-refractivity contribution in [3.05, 3.63) is 70.8 Å². The molecule has 0 aliphatic carbocycles. The van der Waals surface area contributed by atoms with Gasteiger partial charge < -0.3 is 0 Å². The van der Waals surface area contributed by atoms with Gasteiger partial charge in [0.15, 0.2) is 0 Å². The molecule has 3 rings (SSSR count). The number of hydrogen-bond acceptors (Lipinski definition) is 3. The van der Waals surface area contributed by atoms with Crippen LogP contribution in [-0.2, 0) is 16.9 Å². The molecule has 3 atom stereocenters. The van der Waals surface area contributed by atoms with Crippen LogP contribution in [0.2, 0.25) is 0 Å². The van der Waals surface area contributed by atoms with E-state index in [9.17, 15) is 26.3 Å². The van der Waals surface area contributed by atoms with E-state index < -0.39 is 41.6 Å². The minimum absolute atomic E-state index is 0.122. The van der Waals surface area contributed by atoms with Gasteiger partial charge in [-0.15, -0.1) is 0 Å². The van der Waals surface area contributed by atoms with E-state index >= 15 is 0 Å². The van der Waals surface area contributed by atoms with E-state index in [4.69, 9.17) is 4.52 Å². The Hall–Kier alpha value is -1.15. The van der Waals surface area contributed by atoms with Crippen molar-refractivity contribution in [2.45, 2.75) is 77.0 Å². The first-order valence-electron chi connectivity index (χ1n) is 12.7. The molecule has 1 heterocycles. The Bertz CT molecular complexity index is 1070. The molecule has 0 N–H and O–H groups in total. The van der Waals surface area contributed by atoms with Gasteiger partial charge in [0.25, 0.3) is 0 Å². The first-order chi connectivity index (χ1) is 17.6. The SMILES string of the molecule is CCCCCC(OP1(=[Se])N(C)[C@H](c2cccc(C(F)(F)F)c2)[C@@H](c2cccc(C(F)(F)F)c2)N1C)C(C)C. The first-order valence-corrected chi connectivity index (χ1v) is 16.5. The van der Waals surface area contributed by atoms with Crippen LogP contribution in [0.15, 0.2) is 48.5 Å².